The van der Waals surface area contributed by atoms with Gasteiger partial charge in [-0.3, -0.25) is 4.98 Å². The van der Waals surface area contributed by atoms with Crippen molar-refractivity contribution in [3.8, 4) is 0 Å². The van der Waals surface area contributed by atoms with E-state index >= 15 is 0 Å². The van der Waals surface area contributed by atoms with Crippen molar-refractivity contribution in [2.75, 3.05) is 6.54 Å². The van der Waals surface area contributed by atoms with Crippen LogP contribution in [0.1, 0.15) is 32.1 Å². The highest BCUT2D eigenvalue weighted by Gasteiger charge is 2.31. The molecule has 0 saturated heterocycles. The molecule has 0 bridgehead atoms. The Bertz CT molecular complexity index is 763. The van der Waals surface area contributed by atoms with Crippen molar-refractivity contribution >= 4 is 20.8 Å². The van der Waals surface area contributed by atoms with Gasteiger partial charge in [0, 0.05) is 29.7 Å². The Morgan fingerprint density at radius 3 is 2.73 bits per heavy atom. The zero-order chi connectivity index (χ0) is 15.6. The summed E-state index contributed by atoms with van der Waals surface area (Å²) in [4.78, 5) is 4.24. The van der Waals surface area contributed by atoms with Gasteiger partial charge in [-0.2, -0.15) is 0 Å². The summed E-state index contributed by atoms with van der Waals surface area (Å²) in [6.45, 7) is 0.0663. The van der Waals surface area contributed by atoms with Crippen LogP contribution in [0.2, 0.25) is 0 Å². The van der Waals surface area contributed by atoms with Crippen molar-refractivity contribution in [1.82, 2.24) is 9.71 Å². The lowest BCUT2D eigenvalue weighted by atomic mass is 9.85. The average molecular weight is 320 g/mol. The summed E-state index contributed by atoms with van der Waals surface area (Å²) in [5.41, 5.74) is -0.919. The second kappa shape index (κ2) is 5.95. The molecule has 1 aliphatic carbocycles. The summed E-state index contributed by atoms with van der Waals surface area (Å²) >= 11 is 0. The summed E-state index contributed by atoms with van der Waals surface area (Å²) in [5.74, 6) is 0. The van der Waals surface area contributed by atoms with Gasteiger partial charge in [-0.15, -0.1) is 0 Å². The van der Waals surface area contributed by atoms with Crippen LogP contribution in [0.15, 0.2) is 41.6 Å². The van der Waals surface area contributed by atoms with E-state index in [0.717, 1.165) is 24.6 Å². The summed E-state index contributed by atoms with van der Waals surface area (Å²) in [6, 6.07) is 6.80. The first kappa shape index (κ1) is 15.4. The van der Waals surface area contributed by atoms with Crippen LogP contribution in [0.25, 0.3) is 10.8 Å². The molecular formula is C16H20N2O3S. The van der Waals surface area contributed by atoms with E-state index in [1.165, 1.54) is 0 Å². The zero-order valence-electron chi connectivity index (χ0n) is 12.3. The van der Waals surface area contributed by atoms with Crippen molar-refractivity contribution in [2.24, 2.45) is 0 Å². The average Bonchev–Trinajstić information content (AvgIpc) is 2.53. The molecule has 1 saturated carbocycles. The summed E-state index contributed by atoms with van der Waals surface area (Å²) in [7, 11) is -3.66. The monoisotopic (exact) mass is 320 g/mol. The molecule has 118 valence electrons. The number of rotatable bonds is 4. The molecule has 1 aromatic carbocycles. The van der Waals surface area contributed by atoms with Gasteiger partial charge in [0.1, 0.15) is 0 Å². The number of hydrogen-bond donors (Lipinski definition) is 2. The smallest absolute Gasteiger partial charge is 0.241 e. The number of nitrogens with zero attached hydrogens (tertiary/aromatic N) is 1. The SMILES string of the molecule is O=S(=O)(NCC1(O)CCCCC1)c1cccc2cnccc12. The maximum Gasteiger partial charge on any atom is 0.241 e. The molecule has 1 heterocycles. The van der Waals surface area contributed by atoms with E-state index in [2.05, 4.69) is 9.71 Å². The second-order valence-electron chi connectivity index (χ2n) is 5.96. The number of benzene rings is 1. The fraction of sp³-hybridized carbons (Fsp3) is 0.438. The standard InChI is InChI=1S/C16H20N2O3S/c19-16(8-2-1-3-9-16)12-18-22(20,21)15-6-4-5-13-11-17-10-7-14(13)15/h4-7,10-11,18-19H,1-3,8-9,12H2. The predicted molar refractivity (Wildman–Crippen MR) is 85.0 cm³/mol. The number of hydrogen-bond acceptors (Lipinski definition) is 4. The lowest BCUT2D eigenvalue weighted by Gasteiger charge is -2.32. The van der Waals surface area contributed by atoms with Crippen molar-refractivity contribution < 1.29 is 13.5 Å². The highest BCUT2D eigenvalue weighted by atomic mass is 32.2. The number of fused-ring (bicyclic) bond motifs is 1. The molecule has 0 spiro atoms. The minimum Gasteiger partial charge on any atom is -0.389 e. The lowest BCUT2D eigenvalue weighted by molar-refractivity contribution is 0.00946. The van der Waals surface area contributed by atoms with Crippen LogP contribution >= 0.6 is 0 Å². The second-order valence-corrected chi connectivity index (χ2v) is 7.70. The third-order valence-corrected chi connectivity index (χ3v) is 5.77. The largest absolute Gasteiger partial charge is 0.389 e. The van der Waals surface area contributed by atoms with E-state index in [1.54, 1.807) is 30.6 Å². The van der Waals surface area contributed by atoms with Gasteiger partial charge < -0.3 is 5.11 Å². The normalized spacial score (nSPS) is 18.4. The van der Waals surface area contributed by atoms with Gasteiger partial charge in [-0.05, 0) is 25.0 Å². The van der Waals surface area contributed by atoms with Gasteiger partial charge in [0.25, 0.3) is 0 Å². The molecule has 22 heavy (non-hydrogen) atoms. The predicted octanol–water partition coefficient (Wildman–Crippen LogP) is 2.21. The molecule has 0 unspecified atom stereocenters. The Balaban J connectivity index is 1.86. The Kier molecular flexibility index (Phi) is 4.16. The molecule has 1 aliphatic rings. The molecule has 0 atom stereocenters. The van der Waals surface area contributed by atoms with E-state index in [1.807, 2.05) is 6.07 Å². The number of sulfonamides is 1. The van der Waals surface area contributed by atoms with E-state index in [9.17, 15) is 13.5 Å². The Labute approximate surface area is 130 Å². The first-order chi connectivity index (χ1) is 10.5. The van der Waals surface area contributed by atoms with Crippen LogP contribution in [-0.2, 0) is 10.0 Å². The fourth-order valence-electron chi connectivity index (χ4n) is 3.02. The van der Waals surface area contributed by atoms with Gasteiger partial charge in [-0.1, -0.05) is 31.4 Å². The van der Waals surface area contributed by atoms with Crippen LogP contribution in [-0.4, -0.2) is 30.7 Å². The Morgan fingerprint density at radius 1 is 1.18 bits per heavy atom. The van der Waals surface area contributed by atoms with E-state index < -0.39 is 15.6 Å². The molecule has 1 fully saturated rings. The van der Waals surface area contributed by atoms with Crippen molar-refractivity contribution in [1.29, 1.82) is 0 Å². The van der Waals surface area contributed by atoms with E-state index in [0.29, 0.717) is 18.2 Å². The molecule has 0 radical (unpaired) electrons. The van der Waals surface area contributed by atoms with Crippen LogP contribution < -0.4 is 4.72 Å². The maximum atomic E-state index is 12.6. The minimum atomic E-state index is -3.66. The van der Waals surface area contributed by atoms with Gasteiger partial charge in [0.2, 0.25) is 10.0 Å². The van der Waals surface area contributed by atoms with Crippen LogP contribution in [0.3, 0.4) is 0 Å². The third kappa shape index (κ3) is 3.14. The molecule has 0 amide bonds. The summed E-state index contributed by atoms with van der Waals surface area (Å²) < 4.78 is 27.8. The van der Waals surface area contributed by atoms with E-state index in [-0.39, 0.29) is 11.4 Å². The Morgan fingerprint density at radius 2 is 1.95 bits per heavy atom. The van der Waals surface area contributed by atoms with Gasteiger partial charge in [0.15, 0.2) is 0 Å². The van der Waals surface area contributed by atoms with Gasteiger partial charge in [-0.25, -0.2) is 13.1 Å². The highest BCUT2D eigenvalue weighted by molar-refractivity contribution is 7.89. The van der Waals surface area contributed by atoms with Crippen molar-refractivity contribution in [2.45, 2.75) is 42.6 Å². The topological polar surface area (TPSA) is 79.3 Å². The van der Waals surface area contributed by atoms with Gasteiger partial charge in [0.05, 0.1) is 10.5 Å². The van der Waals surface area contributed by atoms with Crippen molar-refractivity contribution in [3.05, 3.63) is 36.7 Å². The fourth-order valence-corrected chi connectivity index (χ4v) is 4.37. The Hall–Kier alpha value is -1.50. The summed E-state index contributed by atoms with van der Waals surface area (Å²) in [6.07, 6.45) is 7.50. The molecule has 1 aromatic heterocycles. The number of nitrogens with one attached hydrogen (secondary N) is 1. The highest BCUT2D eigenvalue weighted by Crippen LogP contribution is 2.28. The molecule has 3 rings (SSSR count). The van der Waals surface area contributed by atoms with Gasteiger partial charge >= 0.3 is 0 Å². The molecule has 2 aromatic rings. The lowest BCUT2D eigenvalue weighted by Crippen LogP contribution is -2.44. The van der Waals surface area contributed by atoms with Crippen molar-refractivity contribution in [3.63, 3.8) is 0 Å². The summed E-state index contributed by atoms with van der Waals surface area (Å²) in [5, 5.41) is 11.9. The first-order valence-corrected chi connectivity index (χ1v) is 9.03. The molecule has 6 heteroatoms. The molecular weight excluding hydrogens is 300 g/mol. The molecule has 5 nitrogen and oxygen atoms in total. The van der Waals surface area contributed by atoms with Crippen LogP contribution in [0.4, 0.5) is 0 Å². The van der Waals surface area contributed by atoms with E-state index in [4.69, 9.17) is 0 Å². The first-order valence-electron chi connectivity index (χ1n) is 7.55. The third-order valence-electron chi connectivity index (χ3n) is 4.31. The number of aromatic nitrogens is 1. The molecule has 2 N–H and O–H groups in total. The van der Waals surface area contributed by atoms with Crippen LogP contribution in [0.5, 0.6) is 0 Å². The number of pyridine rings is 1. The zero-order valence-corrected chi connectivity index (χ0v) is 13.1. The minimum absolute atomic E-state index is 0.0663. The number of aliphatic hydroxyl groups is 1. The maximum absolute atomic E-state index is 12.6. The quantitative estimate of drug-likeness (QED) is 0.905. The van der Waals surface area contributed by atoms with Crippen LogP contribution in [0, 0.1) is 0 Å². The molecule has 0 aliphatic heterocycles.